The molecule has 0 aliphatic heterocycles. The molecule has 0 bridgehead atoms. The topological polar surface area (TPSA) is 85.6 Å². The standard InChI is InChI=1S/C24H20N4O3/c1-31-19-11-7-10-18(14-19)15-25-26-23(29)22-20-12-5-6-13-21(20)24(30)28(27-22)16-17-8-3-2-4-9-17/h2-15H,16H2,1H3,(H,26,29)/b25-15-. The second-order valence-electron chi connectivity index (χ2n) is 6.82. The second kappa shape index (κ2) is 9.04. The number of rotatable bonds is 6. The maximum absolute atomic E-state index is 12.9. The van der Waals surface area contributed by atoms with Crippen molar-refractivity contribution in [2.45, 2.75) is 6.54 Å². The predicted molar refractivity (Wildman–Crippen MR) is 120 cm³/mol. The summed E-state index contributed by atoms with van der Waals surface area (Å²) in [4.78, 5) is 25.8. The maximum atomic E-state index is 12.9. The Morgan fingerprint density at radius 2 is 1.77 bits per heavy atom. The van der Waals surface area contributed by atoms with E-state index in [1.165, 1.54) is 10.9 Å². The quantitative estimate of drug-likeness (QED) is 0.389. The van der Waals surface area contributed by atoms with E-state index >= 15 is 0 Å². The summed E-state index contributed by atoms with van der Waals surface area (Å²) in [5.74, 6) is 0.188. The molecule has 154 valence electrons. The first-order valence-electron chi connectivity index (χ1n) is 9.67. The van der Waals surface area contributed by atoms with Gasteiger partial charge in [-0.15, -0.1) is 0 Å². The predicted octanol–water partition coefficient (Wildman–Crippen LogP) is 3.22. The zero-order valence-corrected chi connectivity index (χ0v) is 16.9. The lowest BCUT2D eigenvalue weighted by Crippen LogP contribution is -2.29. The van der Waals surface area contributed by atoms with Crippen molar-refractivity contribution in [3.05, 3.63) is 106 Å². The van der Waals surface area contributed by atoms with Crippen LogP contribution in [-0.4, -0.2) is 29.0 Å². The van der Waals surface area contributed by atoms with Crippen molar-refractivity contribution in [2.75, 3.05) is 7.11 Å². The second-order valence-corrected chi connectivity index (χ2v) is 6.82. The third-order valence-corrected chi connectivity index (χ3v) is 4.73. The van der Waals surface area contributed by atoms with Gasteiger partial charge >= 0.3 is 0 Å². The average Bonchev–Trinajstić information content (AvgIpc) is 2.81. The molecule has 0 fully saturated rings. The Morgan fingerprint density at radius 3 is 2.55 bits per heavy atom. The molecule has 0 saturated heterocycles. The maximum Gasteiger partial charge on any atom is 0.292 e. The minimum Gasteiger partial charge on any atom is -0.497 e. The third kappa shape index (κ3) is 4.51. The van der Waals surface area contributed by atoms with Crippen molar-refractivity contribution in [1.29, 1.82) is 0 Å². The number of hydrogen-bond donors (Lipinski definition) is 1. The molecule has 1 heterocycles. The van der Waals surface area contributed by atoms with E-state index in [4.69, 9.17) is 4.74 Å². The number of aromatic nitrogens is 2. The highest BCUT2D eigenvalue weighted by Crippen LogP contribution is 2.14. The van der Waals surface area contributed by atoms with Crippen LogP contribution >= 0.6 is 0 Å². The van der Waals surface area contributed by atoms with Crippen LogP contribution in [0.15, 0.2) is 88.8 Å². The van der Waals surface area contributed by atoms with Crippen LogP contribution in [0.5, 0.6) is 5.75 Å². The smallest absolute Gasteiger partial charge is 0.292 e. The van der Waals surface area contributed by atoms with Gasteiger partial charge in [0, 0.05) is 5.39 Å². The summed E-state index contributed by atoms with van der Waals surface area (Å²) >= 11 is 0. The zero-order valence-electron chi connectivity index (χ0n) is 16.9. The number of methoxy groups -OCH3 is 1. The Labute approximate surface area is 178 Å². The van der Waals surface area contributed by atoms with Gasteiger partial charge in [0.25, 0.3) is 11.5 Å². The van der Waals surface area contributed by atoms with Gasteiger partial charge in [-0.1, -0.05) is 60.7 Å². The molecule has 0 aliphatic carbocycles. The Kier molecular flexibility index (Phi) is 5.84. The molecule has 0 radical (unpaired) electrons. The summed E-state index contributed by atoms with van der Waals surface area (Å²) in [6.45, 7) is 0.262. The number of benzene rings is 3. The lowest BCUT2D eigenvalue weighted by Gasteiger charge is -2.10. The number of nitrogens with zero attached hydrogens (tertiary/aromatic N) is 3. The van der Waals surface area contributed by atoms with E-state index in [0.717, 1.165) is 11.1 Å². The van der Waals surface area contributed by atoms with Gasteiger partial charge in [0.1, 0.15) is 5.75 Å². The fourth-order valence-electron chi connectivity index (χ4n) is 3.21. The lowest BCUT2D eigenvalue weighted by molar-refractivity contribution is 0.0949. The van der Waals surface area contributed by atoms with Crippen molar-refractivity contribution in [3.8, 4) is 5.75 Å². The van der Waals surface area contributed by atoms with Gasteiger partial charge in [-0.3, -0.25) is 9.59 Å². The zero-order chi connectivity index (χ0) is 21.6. The Balaban J connectivity index is 1.65. The van der Waals surface area contributed by atoms with Gasteiger partial charge in [0.05, 0.1) is 25.3 Å². The highest BCUT2D eigenvalue weighted by atomic mass is 16.5. The van der Waals surface area contributed by atoms with E-state index in [1.54, 1.807) is 37.4 Å². The Bertz CT molecular complexity index is 1310. The number of hydrogen-bond acceptors (Lipinski definition) is 5. The third-order valence-electron chi connectivity index (χ3n) is 4.73. The highest BCUT2D eigenvalue weighted by molar-refractivity contribution is 6.05. The van der Waals surface area contributed by atoms with Crippen LogP contribution < -0.4 is 15.7 Å². The van der Waals surface area contributed by atoms with E-state index in [1.807, 2.05) is 48.5 Å². The molecular weight excluding hydrogens is 392 g/mol. The summed E-state index contributed by atoms with van der Waals surface area (Å²) in [7, 11) is 1.58. The van der Waals surface area contributed by atoms with E-state index < -0.39 is 5.91 Å². The van der Waals surface area contributed by atoms with Crippen LogP contribution in [-0.2, 0) is 6.54 Å². The van der Waals surface area contributed by atoms with Crippen molar-refractivity contribution < 1.29 is 9.53 Å². The SMILES string of the molecule is COc1cccc(/C=N\NC(=O)c2nn(Cc3ccccc3)c(=O)c3ccccc23)c1. The van der Waals surface area contributed by atoms with Crippen LogP contribution in [0.4, 0.5) is 0 Å². The van der Waals surface area contributed by atoms with Gasteiger partial charge in [-0.25, -0.2) is 10.1 Å². The van der Waals surface area contributed by atoms with Crippen molar-refractivity contribution in [1.82, 2.24) is 15.2 Å². The normalized spacial score (nSPS) is 11.0. The number of carbonyl (C=O) groups excluding carboxylic acids is 1. The molecule has 3 aromatic carbocycles. The fourth-order valence-corrected chi connectivity index (χ4v) is 3.21. The molecule has 0 atom stereocenters. The molecule has 0 unspecified atom stereocenters. The molecule has 1 aromatic heterocycles. The number of ether oxygens (including phenoxy) is 1. The summed E-state index contributed by atoms with van der Waals surface area (Å²) in [6.07, 6.45) is 1.52. The molecule has 31 heavy (non-hydrogen) atoms. The summed E-state index contributed by atoms with van der Waals surface area (Å²) < 4.78 is 6.49. The molecule has 7 nitrogen and oxygen atoms in total. The van der Waals surface area contributed by atoms with E-state index in [0.29, 0.717) is 16.5 Å². The van der Waals surface area contributed by atoms with Gasteiger partial charge in [0.2, 0.25) is 0 Å². The van der Waals surface area contributed by atoms with Crippen LogP contribution in [0, 0.1) is 0 Å². The molecule has 0 aliphatic rings. The number of nitrogens with one attached hydrogen (secondary N) is 1. The van der Waals surface area contributed by atoms with Crippen molar-refractivity contribution in [2.24, 2.45) is 5.10 Å². The van der Waals surface area contributed by atoms with Gasteiger partial charge in [-0.05, 0) is 29.3 Å². The Morgan fingerprint density at radius 1 is 1.03 bits per heavy atom. The molecule has 1 N–H and O–H groups in total. The number of amides is 1. The minimum absolute atomic E-state index is 0.133. The molecule has 0 spiro atoms. The van der Waals surface area contributed by atoms with Gasteiger partial charge < -0.3 is 4.74 Å². The van der Waals surface area contributed by atoms with E-state index in [9.17, 15) is 9.59 Å². The van der Waals surface area contributed by atoms with Crippen molar-refractivity contribution in [3.63, 3.8) is 0 Å². The highest BCUT2D eigenvalue weighted by Gasteiger charge is 2.16. The van der Waals surface area contributed by atoms with Crippen LogP contribution in [0.1, 0.15) is 21.6 Å². The molecule has 4 aromatic rings. The van der Waals surface area contributed by atoms with Gasteiger partial charge in [-0.2, -0.15) is 10.2 Å². The molecule has 0 saturated carbocycles. The minimum atomic E-state index is -0.503. The summed E-state index contributed by atoms with van der Waals surface area (Å²) in [5, 5.41) is 9.28. The number of hydrazone groups is 1. The van der Waals surface area contributed by atoms with Crippen LogP contribution in [0.25, 0.3) is 10.8 Å². The summed E-state index contributed by atoms with van der Waals surface area (Å²) in [6, 6.07) is 23.7. The van der Waals surface area contributed by atoms with Crippen LogP contribution in [0.2, 0.25) is 0 Å². The molecule has 7 heteroatoms. The largest absolute Gasteiger partial charge is 0.497 e. The number of fused-ring (bicyclic) bond motifs is 1. The molecule has 4 rings (SSSR count). The first-order valence-corrected chi connectivity index (χ1v) is 9.67. The molecule has 1 amide bonds. The fraction of sp³-hybridized carbons (Fsp3) is 0.0833. The van der Waals surface area contributed by atoms with Crippen molar-refractivity contribution >= 4 is 22.9 Å². The van der Waals surface area contributed by atoms with Crippen LogP contribution in [0.3, 0.4) is 0 Å². The first-order chi connectivity index (χ1) is 15.2. The molecular formula is C24H20N4O3. The first kappa shape index (κ1) is 20.0. The van der Waals surface area contributed by atoms with E-state index in [2.05, 4.69) is 15.6 Å². The lowest BCUT2D eigenvalue weighted by atomic mass is 10.1. The Hall–Kier alpha value is -4.26. The summed E-state index contributed by atoms with van der Waals surface area (Å²) in [5.41, 5.74) is 4.06. The average molecular weight is 412 g/mol. The van der Waals surface area contributed by atoms with E-state index in [-0.39, 0.29) is 17.8 Å². The van der Waals surface area contributed by atoms with Gasteiger partial charge in [0.15, 0.2) is 5.69 Å². The number of carbonyl (C=O) groups is 1. The monoisotopic (exact) mass is 412 g/mol.